The Kier molecular flexibility index (Phi) is 11.5. The van der Waals surface area contributed by atoms with E-state index in [4.69, 9.17) is 9.47 Å². The van der Waals surface area contributed by atoms with Crippen LogP contribution in [0.25, 0.3) is 0 Å². The quantitative estimate of drug-likeness (QED) is 0.412. The number of ether oxygens (including phenoxy) is 2. The van der Waals surface area contributed by atoms with Gasteiger partial charge in [0.25, 0.3) is 15.9 Å². The predicted octanol–water partition coefficient (Wildman–Crippen LogP) is 4.93. The minimum Gasteiger partial charge on any atom is -0.490 e. The molecule has 4 atom stereocenters. The molecule has 0 spiro atoms. The lowest BCUT2D eigenvalue weighted by Gasteiger charge is -2.36. The van der Waals surface area contributed by atoms with Gasteiger partial charge < -0.3 is 24.4 Å². The molecule has 43 heavy (non-hydrogen) atoms. The summed E-state index contributed by atoms with van der Waals surface area (Å²) in [5.74, 6) is 0.831. The molecule has 2 N–H and O–H groups in total. The molecule has 238 valence electrons. The molecule has 1 aliphatic carbocycles. The van der Waals surface area contributed by atoms with E-state index in [1.807, 2.05) is 20.8 Å². The Morgan fingerprint density at radius 2 is 1.79 bits per heavy atom. The summed E-state index contributed by atoms with van der Waals surface area (Å²) in [6, 6.07) is 11.0. The van der Waals surface area contributed by atoms with Crippen LogP contribution in [0.4, 0.5) is 5.69 Å². The molecule has 1 amide bonds. The van der Waals surface area contributed by atoms with Crippen LogP contribution >= 0.6 is 0 Å². The fourth-order valence-corrected chi connectivity index (χ4v) is 6.55. The number of nitrogens with one attached hydrogen (secondary N) is 1. The van der Waals surface area contributed by atoms with Crippen LogP contribution < -0.4 is 9.46 Å². The van der Waals surface area contributed by atoms with Gasteiger partial charge in [-0.25, -0.2) is 8.42 Å². The highest BCUT2D eigenvalue weighted by Crippen LogP contribution is 2.31. The largest absolute Gasteiger partial charge is 0.490 e. The second-order valence-electron chi connectivity index (χ2n) is 12.6. The first-order valence-electron chi connectivity index (χ1n) is 15.6. The highest BCUT2D eigenvalue weighted by atomic mass is 32.2. The van der Waals surface area contributed by atoms with Crippen molar-refractivity contribution in [3.05, 3.63) is 53.6 Å². The van der Waals surface area contributed by atoms with Crippen LogP contribution in [0.1, 0.15) is 68.8 Å². The van der Waals surface area contributed by atoms with Crippen LogP contribution in [0.3, 0.4) is 0 Å². The highest BCUT2D eigenvalue weighted by molar-refractivity contribution is 7.92. The first-order valence-corrected chi connectivity index (χ1v) is 17.1. The lowest BCUT2D eigenvalue weighted by Crippen LogP contribution is -2.47. The van der Waals surface area contributed by atoms with Crippen molar-refractivity contribution >= 4 is 21.6 Å². The topological polar surface area (TPSA) is 108 Å². The van der Waals surface area contributed by atoms with E-state index >= 15 is 0 Å². The molecule has 1 aliphatic heterocycles. The van der Waals surface area contributed by atoms with Gasteiger partial charge in [0.2, 0.25) is 0 Å². The number of aryl methyl sites for hydroxylation is 1. The van der Waals surface area contributed by atoms with Gasteiger partial charge in [-0.3, -0.25) is 9.52 Å². The van der Waals surface area contributed by atoms with E-state index in [0.717, 1.165) is 43.8 Å². The molecule has 0 aromatic heterocycles. The van der Waals surface area contributed by atoms with Crippen molar-refractivity contribution in [2.75, 3.05) is 44.6 Å². The molecule has 1 heterocycles. The van der Waals surface area contributed by atoms with E-state index < -0.39 is 16.1 Å². The minimum atomic E-state index is -3.88. The van der Waals surface area contributed by atoms with Gasteiger partial charge in [-0.1, -0.05) is 24.6 Å². The highest BCUT2D eigenvalue weighted by Gasteiger charge is 2.31. The summed E-state index contributed by atoms with van der Waals surface area (Å²) in [5, 5.41) is 10.2. The minimum absolute atomic E-state index is 0.00550. The van der Waals surface area contributed by atoms with E-state index in [9.17, 15) is 18.3 Å². The van der Waals surface area contributed by atoms with Gasteiger partial charge in [0.1, 0.15) is 5.75 Å². The number of sulfonamides is 1. The number of amides is 1. The Bertz CT molecular complexity index is 1310. The molecule has 1 saturated carbocycles. The molecule has 2 aromatic carbocycles. The van der Waals surface area contributed by atoms with E-state index in [1.165, 1.54) is 12.8 Å². The number of carbonyl (C=O) groups is 1. The van der Waals surface area contributed by atoms with Crippen LogP contribution in [0, 0.1) is 18.8 Å². The van der Waals surface area contributed by atoms with E-state index in [1.54, 1.807) is 47.4 Å². The summed E-state index contributed by atoms with van der Waals surface area (Å²) < 4.78 is 41.7. The Morgan fingerprint density at radius 3 is 2.47 bits per heavy atom. The van der Waals surface area contributed by atoms with Crippen LogP contribution in [0.15, 0.2) is 47.4 Å². The summed E-state index contributed by atoms with van der Waals surface area (Å²) >= 11 is 0. The molecule has 2 aliphatic rings. The number of aliphatic hydroxyl groups is 1. The van der Waals surface area contributed by atoms with Gasteiger partial charge in [0.05, 0.1) is 35.3 Å². The number of benzene rings is 2. The van der Waals surface area contributed by atoms with E-state index in [0.29, 0.717) is 18.9 Å². The fraction of sp³-hybridized carbons (Fsp3) is 0.606. The number of likely N-dealkylation sites (N-methyl/N-ethyl adjacent to an activating group) is 1. The Balaban J connectivity index is 1.65. The lowest BCUT2D eigenvalue weighted by molar-refractivity contribution is -0.0172. The molecule has 10 heteroatoms. The zero-order chi connectivity index (χ0) is 31.1. The average molecular weight is 616 g/mol. The molecular formula is C33H49N3O6S. The summed E-state index contributed by atoms with van der Waals surface area (Å²) in [6.07, 6.45) is 4.95. The smallest absolute Gasteiger partial charge is 0.261 e. The monoisotopic (exact) mass is 615 g/mol. The number of carbonyl (C=O) groups excluding carboxylic acids is 1. The Hall–Kier alpha value is -2.66. The molecule has 0 unspecified atom stereocenters. The third-order valence-electron chi connectivity index (χ3n) is 8.39. The third-order valence-corrected chi connectivity index (χ3v) is 9.79. The Labute approximate surface area is 257 Å². The van der Waals surface area contributed by atoms with Crippen molar-refractivity contribution in [3.63, 3.8) is 0 Å². The molecule has 0 radical (unpaired) electrons. The molecular weight excluding hydrogens is 566 g/mol. The van der Waals surface area contributed by atoms with Gasteiger partial charge in [-0.15, -0.1) is 0 Å². The first-order chi connectivity index (χ1) is 20.5. The maximum Gasteiger partial charge on any atom is 0.261 e. The fourth-order valence-electron chi connectivity index (χ4n) is 5.50. The number of anilines is 1. The second kappa shape index (κ2) is 14.9. The third kappa shape index (κ3) is 9.41. The SMILES string of the molecule is Cc1ccc(S(=O)(=O)Nc2ccc3c(c2)C(=O)N([C@@H](C)CO)C[C@@H](C)[C@H](CN(C)CC2CC2)OCCCC[C@H](C)O3)cc1. The van der Waals surface area contributed by atoms with Gasteiger partial charge >= 0.3 is 0 Å². The van der Waals surface area contributed by atoms with Gasteiger partial charge in [-0.05, 0) is 96.2 Å². The van der Waals surface area contributed by atoms with E-state index in [2.05, 4.69) is 23.6 Å². The molecule has 0 bridgehead atoms. The second-order valence-corrected chi connectivity index (χ2v) is 14.3. The first kappa shape index (κ1) is 33.2. The van der Waals surface area contributed by atoms with Crippen molar-refractivity contribution < 1.29 is 27.8 Å². The van der Waals surface area contributed by atoms with E-state index in [-0.39, 0.29) is 46.8 Å². The lowest BCUT2D eigenvalue weighted by atomic mass is 10.0. The van der Waals surface area contributed by atoms with Crippen molar-refractivity contribution in [2.24, 2.45) is 11.8 Å². The van der Waals surface area contributed by atoms with Crippen molar-refractivity contribution in [1.29, 1.82) is 0 Å². The normalized spacial score (nSPS) is 23.3. The molecule has 2 aromatic rings. The van der Waals surface area contributed by atoms with Gasteiger partial charge in [0, 0.05) is 37.8 Å². The predicted molar refractivity (Wildman–Crippen MR) is 169 cm³/mol. The molecule has 9 nitrogen and oxygen atoms in total. The van der Waals surface area contributed by atoms with Crippen LogP contribution in [0.5, 0.6) is 5.75 Å². The summed E-state index contributed by atoms with van der Waals surface area (Å²) in [5.41, 5.74) is 1.47. The van der Waals surface area contributed by atoms with Crippen LogP contribution in [-0.4, -0.2) is 87.4 Å². The molecule has 0 saturated heterocycles. The number of hydrogen-bond donors (Lipinski definition) is 2. The number of fused-ring (bicyclic) bond motifs is 1. The van der Waals surface area contributed by atoms with Crippen molar-refractivity contribution in [3.8, 4) is 5.75 Å². The number of nitrogens with zero attached hydrogens (tertiary/aromatic N) is 2. The standard InChI is InChI=1S/C33H49N3O6S/c1-23-9-14-29(15-10-23)43(39,40)34-28-13-16-31-30(18-28)33(38)36(25(3)22-37)19-24(2)32(21-35(5)20-27-11-12-27)41-17-7-6-8-26(4)42-31/h9-10,13-16,18,24-27,32,34,37H,6-8,11-12,17,19-22H2,1-5H3/t24-,25+,26+,32+/m1/s1. The Morgan fingerprint density at radius 1 is 1.07 bits per heavy atom. The maximum absolute atomic E-state index is 14.3. The number of hydrogen-bond acceptors (Lipinski definition) is 7. The number of rotatable bonds is 9. The molecule has 1 fully saturated rings. The summed E-state index contributed by atoms with van der Waals surface area (Å²) in [6.45, 7) is 10.4. The van der Waals surface area contributed by atoms with Crippen LogP contribution in [0.2, 0.25) is 0 Å². The summed E-state index contributed by atoms with van der Waals surface area (Å²) in [4.78, 5) is 18.4. The zero-order valence-corrected chi connectivity index (χ0v) is 27.1. The average Bonchev–Trinajstić information content (AvgIpc) is 3.78. The van der Waals surface area contributed by atoms with Gasteiger partial charge in [-0.2, -0.15) is 0 Å². The van der Waals surface area contributed by atoms with Crippen LogP contribution in [-0.2, 0) is 14.8 Å². The van der Waals surface area contributed by atoms with Crippen molar-refractivity contribution in [1.82, 2.24) is 9.80 Å². The molecule has 4 rings (SSSR count). The summed E-state index contributed by atoms with van der Waals surface area (Å²) in [7, 11) is -1.74. The van der Waals surface area contributed by atoms with Gasteiger partial charge in [0.15, 0.2) is 0 Å². The number of aliphatic hydroxyl groups excluding tert-OH is 1. The van der Waals surface area contributed by atoms with Crippen molar-refractivity contribution in [2.45, 2.75) is 82.9 Å². The zero-order valence-electron chi connectivity index (χ0n) is 26.3. The maximum atomic E-state index is 14.3.